The Morgan fingerprint density at radius 2 is 2.00 bits per heavy atom. The van der Waals surface area contributed by atoms with Crippen LogP contribution in [0, 0.1) is 20.8 Å². The molecule has 0 aliphatic carbocycles. The topological polar surface area (TPSA) is 80.6 Å². The standard InChI is InChI=1S/C16H16N2O4/c1-8-9(2)22-10(3)15(8)16(20)17-11-4-5-13-12(6-11)18-14(19)7-21-13/h4-6H,7H2,1-3H3,(H,17,20)(H,18,19). The lowest BCUT2D eigenvalue weighted by atomic mass is 10.1. The van der Waals surface area contributed by atoms with E-state index in [9.17, 15) is 9.59 Å². The molecule has 0 fully saturated rings. The number of ether oxygens (including phenoxy) is 1. The van der Waals surface area contributed by atoms with Gasteiger partial charge >= 0.3 is 0 Å². The number of carbonyl (C=O) groups is 2. The number of furan rings is 1. The number of nitrogens with one attached hydrogen (secondary N) is 2. The molecule has 1 aliphatic heterocycles. The molecule has 22 heavy (non-hydrogen) atoms. The van der Waals surface area contributed by atoms with Crippen LogP contribution >= 0.6 is 0 Å². The predicted molar refractivity (Wildman–Crippen MR) is 81.4 cm³/mol. The molecule has 2 heterocycles. The maximum Gasteiger partial charge on any atom is 0.262 e. The number of hydrogen-bond donors (Lipinski definition) is 2. The average molecular weight is 300 g/mol. The first kappa shape index (κ1) is 14.2. The zero-order chi connectivity index (χ0) is 15.9. The van der Waals surface area contributed by atoms with Crippen LogP contribution in [0.5, 0.6) is 5.75 Å². The van der Waals surface area contributed by atoms with Crippen molar-refractivity contribution < 1.29 is 18.7 Å². The minimum atomic E-state index is -0.241. The molecule has 2 amide bonds. The number of aryl methyl sites for hydroxylation is 2. The molecule has 1 aromatic heterocycles. The van der Waals surface area contributed by atoms with Gasteiger partial charge in [0.05, 0.1) is 11.3 Å². The Morgan fingerprint density at radius 1 is 1.23 bits per heavy atom. The summed E-state index contributed by atoms with van der Waals surface area (Å²) in [6.07, 6.45) is 0. The van der Waals surface area contributed by atoms with Crippen LogP contribution in [0.1, 0.15) is 27.4 Å². The molecule has 0 saturated carbocycles. The molecule has 2 N–H and O–H groups in total. The molecule has 6 nitrogen and oxygen atoms in total. The Morgan fingerprint density at radius 3 is 2.68 bits per heavy atom. The monoisotopic (exact) mass is 300 g/mol. The molecule has 0 saturated heterocycles. The zero-order valence-electron chi connectivity index (χ0n) is 12.6. The van der Waals surface area contributed by atoms with Crippen LogP contribution in [0.4, 0.5) is 11.4 Å². The Hall–Kier alpha value is -2.76. The van der Waals surface area contributed by atoms with Gasteiger partial charge in [-0.2, -0.15) is 0 Å². The van der Waals surface area contributed by atoms with Crippen molar-refractivity contribution in [2.24, 2.45) is 0 Å². The summed E-state index contributed by atoms with van der Waals surface area (Å²) in [5.74, 6) is 1.45. The van der Waals surface area contributed by atoms with Crippen molar-refractivity contribution in [1.29, 1.82) is 0 Å². The van der Waals surface area contributed by atoms with Crippen molar-refractivity contribution in [3.05, 3.63) is 40.8 Å². The normalized spacial score (nSPS) is 13.1. The van der Waals surface area contributed by atoms with Crippen LogP contribution in [0.15, 0.2) is 22.6 Å². The molecule has 0 unspecified atom stereocenters. The van der Waals surface area contributed by atoms with Gasteiger partial charge in [0, 0.05) is 11.3 Å². The lowest BCUT2D eigenvalue weighted by molar-refractivity contribution is -0.118. The summed E-state index contributed by atoms with van der Waals surface area (Å²) < 4.78 is 10.8. The second-order valence-electron chi connectivity index (χ2n) is 5.22. The Balaban J connectivity index is 1.85. The van der Waals surface area contributed by atoms with E-state index < -0.39 is 0 Å². The van der Waals surface area contributed by atoms with Gasteiger partial charge in [-0.05, 0) is 39.0 Å². The van der Waals surface area contributed by atoms with Crippen LogP contribution in [0.25, 0.3) is 0 Å². The van der Waals surface area contributed by atoms with Gasteiger partial charge in [0.1, 0.15) is 17.3 Å². The predicted octanol–water partition coefficient (Wildman–Crippen LogP) is 2.79. The van der Waals surface area contributed by atoms with Crippen molar-refractivity contribution in [2.75, 3.05) is 17.2 Å². The SMILES string of the molecule is Cc1oc(C)c(C(=O)Nc2ccc3c(c2)NC(=O)CO3)c1C. The van der Waals surface area contributed by atoms with Crippen LogP contribution < -0.4 is 15.4 Å². The maximum absolute atomic E-state index is 12.4. The van der Waals surface area contributed by atoms with Gasteiger partial charge in [-0.15, -0.1) is 0 Å². The van der Waals surface area contributed by atoms with Crippen molar-refractivity contribution >= 4 is 23.2 Å². The molecule has 114 valence electrons. The Labute approximate surface area is 127 Å². The fourth-order valence-corrected chi connectivity index (χ4v) is 2.48. The third kappa shape index (κ3) is 2.43. The van der Waals surface area contributed by atoms with E-state index >= 15 is 0 Å². The number of fused-ring (bicyclic) bond motifs is 1. The number of rotatable bonds is 2. The molecule has 0 spiro atoms. The Kier molecular flexibility index (Phi) is 3.36. The number of carbonyl (C=O) groups excluding carboxylic acids is 2. The third-order valence-corrected chi connectivity index (χ3v) is 3.66. The third-order valence-electron chi connectivity index (χ3n) is 3.66. The van der Waals surface area contributed by atoms with Crippen LogP contribution in [0.3, 0.4) is 0 Å². The summed E-state index contributed by atoms with van der Waals surface area (Å²) >= 11 is 0. The van der Waals surface area contributed by atoms with Gasteiger partial charge in [0.2, 0.25) is 0 Å². The molecule has 0 atom stereocenters. The van der Waals surface area contributed by atoms with E-state index in [1.54, 1.807) is 25.1 Å². The van der Waals surface area contributed by atoms with Crippen LogP contribution in [-0.2, 0) is 4.79 Å². The Bertz CT molecular complexity index is 777. The number of benzene rings is 1. The number of anilines is 2. The summed E-state index contributed by atoms with van der Waals surface area (Å²) in [6.45, 7) is 5.44. The fraction of sp³-hybridized carbons (Fsp3) is 0.250. The highest BCUT2D eigenvalue weighted by Gasteiger charge is 2.20. The van der Waals surface area contributed by atoms with Gasteiger partial charge in [-0.25, -0.2) is 0 Å². The first-order valence-corrected chi connectivity index (χ1v) is 6.90. The van der Waals surface area contributed by atoms with Crippen molar-refractivity contribution in [2.45, 2.75) is 20.8 Å². The second-order valence-corrected chi connectivity index (χ2v) is 5.22. The van der Waals surface area contributed by atoms with Gasteiger partial charge in [-0.3, -0.25) is 9.59 Å². The van der Waals surface area contributed by atoms with E-state index in [1.165, 1.54) is 0 Å². The lowest BCUT2D eigenvalue weighted by Gasteiger charge is -2.18. The molecule has 3 rings (SSSR count). The summed E-state index contributed by atoms with van der Waals surface area (Å²) in [4.78, 5) is 23.7. The van der Waals surface area contributed by atoms with Crippen molar-refractivity contribution in [3.8, 4) is 5.75 Å². The molecule has 0 bridgehead atoms. The molecule has 6 heteroatoms. The smallest absolute Gasteiger partial charge is 0.262 e. The number of hydrogen-bond acceptors (Lipinski definition) is 4. The van der Waals surface area contributed by atoms with Crippen LogP contribution in [-0.4, -0.2) is 18.4 Å². The summed E-state index contributed by atoms with van der Waals surface area (Å²) in [6, 6.07) is 5.11. The highest BCUT2D eigenvalue weighted by atomic mass is 16.5. The minimum Gasteiger partial charge on any atom is -0.482 e. The number of amides is 2. The quantitative estimate of drug-likeness (QED) is 0.893. The highest BCUT2D eigenvalue weighted by Crippen LogP contribution is 2.31. The summed E-state index contributed by atoms with van der Waals surface area (Å²) in [5.41, 5.74) is 2.48. The molecule has 1 aromatic carbocycles. The molecular weight excluding hydrogens is 284 g/mol. The van der Waals surface area contributed by atoms with Gasteiger partial charge < -0.3 is 19.8 Å². The van der Waals surface area contributed by atoms with Crippen molar-refractivity contribution in [1.82, 2.24) is 0 Å². The second kappa shape index (κ2) is 5.22. The zero-order valence-corrected chi connectivity index (χ0v) is 12.6. The van der Waals surface area contributed by atoms with Gasteiger partial charge in [0.15, 0.2) is 6.61 Å². The van der Waals surface area contributed by atoms with Gasteiger partial charge in [-0.1, -0.05) is 0 Å². The molecule has 1 aliphatic rings. The highest BCUT2D eigenvalue weighted by molar-refractivity contribution is 6.06. The van der Waals surface area contributed by atoms with E-state index in [4.69, 9.17) is 9.15 Å². The summed E-state index contributed by atoms with van der Waals surface area (Å²) in [7, 11) is 0. The summed E-state index contributed by atoms with van der Waals surface area (Å²) in [5, 5.41) is 5.52. The van der Waals surface area contributed by atoms with E-state index in [2.05, 4.69) is 10.6 Å². The van der Waals surface area contributed by atoms with E-state index in [-0.39, 0.29) is 18.4 Å². The van der Waals surface area contributed by atoms with Crippen molar-refractivity contribution in [3.63, 3.8) is 0 Å². The molecule has 0 radical (unpaired) electrons. The average Bonchev–Trinajstić information content (AvgIpc) is 2.71. The molecular formula is C16H16N2O4. The largest absolute Gasteiger partial charge is 0.482 e. The van der Waals surface area contributed by atoms with Gasteiger partial charge in [0.25, 0.3) is 11.8 Å². The fourth-order valence-electron chi connectivity index (χ4n) is 2.48. The van der Waals surface area contributed by atoms with E-state index in [1.807, 2.05) is 13.8 Å². The minimum absolute atomic E-state index is 0.00535. The van der Waals surface area contributed by atoms with E-state index in [0.29, 0.717) is 28.4 Å². The van der Waals surface area contributed by atoms with Crippen LogP contribution in [0.2, 0.25) is 0 Å². The molecule has 2 aromatic rings. The maximum atomic E-state index is 12.4. The van der Waals surface area contributed by atoms with E-state index in [0.717, 1.165) is 11.3 Å². The first-order valence-electron chi connectivity index (χ1n) is 6.90. The first-order chi connectivity index (χ1) is 10.5. The lowest BCUT2D eigenvalue weighted by Crippen LogP contribution is -2.25.